The molecule has 0 radical (unpaired) electrons. The normalized spacial score (nSPS) is 33.7. The number of anilines is 1. The van der Waals surface area contributed by atoms with Gasteiger partial charge in [-0.15, -0.1) is 5.01 Å². The minimum Gasteiger partial charge on any atom is -0.569 e. The number of carbonyl (C=O) groups is 3. The van der Waals surface area contributed by atoms with Crippen LogP contribution < -0.4 is 9.74 Å². The van der Waals surface area contributed by atoms with Crippen LogP contribution in [-0.4, -0.2) is 93.7 Å². The molecule has 0 spiro atoms. The second-order valence-corrected chi connectivity index (χ2v) is 20.5. The number of fused-ring (bicyclic) bond motifs is 7. The minimum absolute atomic E-state index is 0.00235. The smallest absolute Gasteiger partial charge is 0.321 e. The lowest BCUT2D eigenvalue weighted by molar-refractivity contribution is -0.701. The average molecular weight is 859 g/mol. The van der Waals surface area contributed by atoms with Gasteiger partial charge in [0.2, 0.25) is 16.9 Å². The van der Waals surface area contributed by atoms with Gasteiger partial charge in [-0.2, -0.15) is 5.26 Å². The van der Waals surface area contributed by atoms with Crippen molar-refractivity contribution in [3.8, 4) is 11.8 Å². The van der Waals surface area contributed by atoms with E-state index in [4.69, 9.17) is 9.94 Å². The minimum atomic E-state index is -0.874. The molecule has 1 aromatic rings. The number of hydrazine groups is 1. The third-order valence-electron chi connectivity index (χ3n) is 16.6. The molecule has 0 unspecified atom stereocenters. The first-order valence-electron chi connectivity index (χ1n) is 21.5. The molecule has 1 aliphatic heterocycles. The average Bonchev–Trinajstić information content (AvgIpc) is 3.21. The zero-order valence-corrected chi connectivity index (χ0v) is 36.9. The van der Waals surface area contributed by atoms with Gasteiger partial charge in [0.25, 0.3) is 5.69 Å². The summed E-state index contributed by atoms with van der Waals surface area (Å²) in [6, 6.07) is 4.03. The molecule has 3 saturated carbocycles. The fourth-order valence-electron chi connectivity index (χ4n) is 13.0. The summed E-state index contributed by atoms with van der Waals surface area (Å²) in [5, 5.41) is 60.0. The lowest BCUT2D eigenvalue weighted by atomic mass is 9.34. The summed E-state index contributed by atoms with van der Waals surface area (Å²) in [6.45, 7) is 15.1. The highest BCUT2D eigenvalue weighted by Gasteiger charge is 2.71. The van der Waals surface area contributed by atoms with Crippen LogP contribution in [0.15, 0.2) is 40.7 Å². The van der Waals surface area contributed by atoms with Crippen LogP contribution in [0.1, 0.15) is 93.4 Å². The summed E-state index contributed by atoms with van der Waals surface area (Å²) in [5.41, 5.74) is -3.55. The Hall–Kier alpha value is -5.44. The fraction of sp³-hybridized carbons (Fsp3) is 0.682. The number of rotatable bonds is 9. The van der Waals surface area contributed by atoms with E-state index < -0.39 is 60.0 Å². The number of piperazine rings is 1. The number of nitro benzene ring substituents is 2. The molecule has 4 fully saturated rings. The second kappa shape index (κ2) is 15.1. The Morgan fingerprint density at radius 3 is 2.23 bits per heavy atom. The number of ketones is 2. The summed E-state index contributed by atoms with van der Waals surface area (Å²) in [5.74, 6) is -1.46. The molecule has 5 aliphatic carbocycles. The molecule has 334 valence electrons. The van der Waals surface area contributed by atoms with Crippen LogP contribution in [-0.2, 0) is 14.4 Å². The molecule has 0 aromatic heterocycles. The van der Waals surface area contributed by atoms with Gasteiger partial charge < -0.3 is 20.1 Å². The quantitative estimate of drug-likeness (QED) is 0.121. The summed E-state index contributed by atoms with van der Waals surface area (Å²) < 4.78 is 0. The van der Waals surface area contributed by atoms with Crippen molar-refractivity contribution >= 4 is 34.5 Å². The highest BCUT2D eigenvalue weighted by Crippen LogP contribution is 2.74. The highest BCUT2D eigenvalue weighted by molar-refractivity contribution is 6.04. The van der Waals surface area contributed by atoms with Gasteiger partial charge in [0, 0.05) is 49.0 Å². The molecule has 7 atom stereocenters. The number of carbonyl (C=O) groups excluding carboxylic acids is 3. The predicted molar refractivity (Wildman–Crippen MR) is 224 cm³/mol. The highest BCUT2D eigenvalue weighted by atomic mass is 16.7. The van der Waals surface area contributed by atoms with Crippen molar-refractivity contribution in [1.82, 2.24) is 9.91 Å². The van der Waals surface area contributed by atoms with Gasteiger partial charge in [0.15, 0.2) is 11.6 Å². The van der Waals surface area contributed by atoms with Crippen molar-refractivity contribution in [1.29, 1.82) is 5.26 Å². The van der Waals surface area contributed by atoms with Gasteiger partial charge >= 0.3 is 5.69 Å². The Kier molecular flexibility index (Phi) is 10.9. The van der Waals surface area contributed by atoms with Crippen molar-refractivity contribution in [3.05, 3.63) is 60.9 Å². The molecular formula is C44H58N8O10. The maximum atomic E-state index is 15.3. The van der Waals surface area contributed by atoms with E-state index in [1.54, 1.807) is 9.80 Å². The van der Waals surface area contributed by atoms with E-state index in [1.165, 1.54) is 7.05 Å². The van der Waals surface area contributed by atoms with E-state index in [1.807, 2.05) is 26.0 Å². The molecule has 18 nitrogen and oxygen atoms in total. The van der Waals surface area contributed by atoms with Crippen molar-refractivity contribution in [3.63, 3.8) is 0 Å². The largest absolute Gasteiger partial charge is 0.569 e. The second-order valence-electron chi connectivity index (χ2n) is 20.5. The Morgan fingerprint density at radius 2 is 1.61 bits per heavy atom. The molecule has 1 N–H and O–H groups in total. The van der Waals surface area contributed by atoms with Crippen LogP contribution >= 0.6 is 0 Å². The van der Waals surface area contributed by atoms with E-state index in [0.717, 1.165) is 42.0 Å². The maximum Gasteiger partial charge on any atom is 0.321 e. The Morgan fingerprint density at radius 1 is 0.968 bits per heavy atom. The molecule has 18 heteroatoms. The van der Waals surface area contributed by atoms with E-state index in [-0.39, 0.29) is 90.3 Å². The molecule has 62 heavy (non-hydrogen) atoms. The summed E-state index contributed by atoms with van der Waals surface area (Å²) in [7, 11) is 1.31. The number of allylic oxidation sites excluding steroid dienone is 4. The van der Waals surface area contributed by atoms with Crippen LogP contribution in [0.5, 0.6) is 5.75 Å². The van der Waals surface area contributed by atoms with E-state index in [0.29, 0.717) is 25.7 Å². The van der Waals surface area contributed by atoms with Gasteiger partial charge in [-0.25, -0.2) is 0 Å². The first-order valence-corrected chi connectivity index (χ1v) is 21.5. The monoisotopic (exact) mass is 858 g/mol. The standard InChI is InChI=1S/C44H58N8O10/c1-39(2)11-13-44(38(56)49-17-15-48(16-18-49)29-22-33(62-46-52(61)47(8)19-20-53)31(51(59)60)21-30(29)50(57)58)14-12-43(7)36(28(44)25-39)32(54)23-35-41(5)24-27(26-45)37(55)40(3,4)34(41)9-10-42(35,43)6/h21-24,28,34,36,53H,9-20,25H2,1-8H3/b52-46-/t28-,34-,36-,41-,42+,43+,44-/m0/s1. The number of amides is 1. The molecule has 1 aromatic carbocycles. The molecular weight excluding hydrogens is 801 g/mol. The van der Waals surface area contributed by atoms with Crippen LogP contribution in [0.4, 0.5) is 17.1 Å². The van der Waals surface area contributed by atoms with Crippen LogP contribution in [0.3, 0.4) is 0 Å². The topological polar surface area (TPSA) is 239 Å². The number of likely N-dealkylation sites (N-methyl/N-ethyl adjacent to an activating group) is 1. The first kappa shape index (κ1) is 44.6. The predicted octanol–water partition coefficient (Wildman–Crippen LogP) is 6.47. The first-order chi connectivity index (χ1) is 28.9. The molecule has 6 aliphatic rings. The Bertz CT molecular complexity index is 2260. The third kappa shape index (κ3) is 6.64. The van der Waals surface area contributed by atoms with Gasteiger partial charge in [-0.05, 0) is 79.1 Å². The maximum absolute atomic E-state index is 15.3. The van der Waals surface area contributed by atoms with Gasteiger partial charge in [0.05, 0.1) is 46.0 Å². The van der Waals surface area contributed by atoms with Crippen LogP contribution in [0.2, 0.25) is 0 Å². The van der Waals surface area contributed by atoms with Crippen molar-refractivity contribution in [2.45, 2.75) is 93.4 Å². The van der Waals surface area contributed by atoms with E-state index >= 15 is 9.59 Å². The summed E-state index contributed by atoms with van der Waals surface area (Å²) in [4.78, 5) is 75.0. The number of nitrogens with zero attached hydrogens (tertiary/aromatic N) is 8. The number of hydrogen-bond acceptors (Lipinski definition) is 13. The molecule has 0 bridgehead atoms. The Balaban J connectivity index is 1.19. The fourth-order valence-corrected chi connectivity index (χ4v) is 13.0. The van der Waals surface area contributed by atoms with Gasteiger partial charge in [-0.1, -0.05) is 60.1 Å². The van der Waals surface area contributed by atoms with E-state index in [9.17, 15) is 35.5 Å². The third-order valence-corrected chi connectivity index (χ3v) is 16.6. The number of aliphatic hydroxyl groups excluding tert-OH is 1. The number of nitro groups is 2. The lowest BCUT2D eigenvalue weighted by Crippen LogP contribution is -2.67. The summed E-state index contributed by atoms with van der Waals surface area (Å²) >= 11 is 0. The van der Waals surface area contributed by atoms with E-state index in [2.05, 4.69) is 46.0 Å². The number of benzene rings is 1. The number of nitriles is 1. The SMILES string of the molecule is CN(CCO)/[N+]([O-])=N/Oc1cc(N2CCN(C(=O)[C@]34CCC(C)(C)C[C@H]3[C@H]3C(=O)C=C5[C@@]6(C)C=C(C#N)C(=O)C(C)(C)[C@@H]6CC[C@@]5(C)[C@]3(C)CC4)CC2)c([N+](=O)[O-])cc1[N+](=O)[O-]. The van der Waals surface area contributed by atoms with Gasteiger partial charge in [-0.3, -0.25) is 39.4 Å². The number of aliphatic hydroxyl groups is 1. The zero-order chi connectivity index (χ0) is 45.5. The van der Waals surface area contributed by atoms with Crippen LogP contribution in [0.25, 0.3) is 0 Å². The lowest BCUT2D eigenvalue weighted by Gasteiger charge is -2.69. The number of hydrogen-bond donors (Lipinski definition) is 1. The summed E-state index contributed by atoms with van der Waals surface area (Å²) in [6.07, 6.45) is 8.52. The Labute approximate surface area is 361 Å². The van der Waals surface area contributed by atoms with Crippen LogP contribution in [0, 0.1) is 87.0 Å². The zero-order valence-electron chi connectivity index (χ0n) is 36.9. The molecule has 1 amide bonds. The van der Waals surface area contributed by atoms with Crippen molar-refractivity contribution in [2.24, 2.45) is 55.5 Å². The van der Waals surface area contributed by atoms with Gasteiger partial charge in [0.1, 0.15) is 17.8 Å². The van der Waals surface area contributed by atoms with Crippen molar-refractivity contribution in [2.75, 3.05) is 51.3 Å². The molecule has 1 saturated heterocycles. The molecule has 7 rings (SSSR count). The molecule has 1 heterocycles. The number of Topliss-reactive ketones (excluding diaryl/α,β-unsaturated/α-hetero) is 1. The van der Waals surface area contributed by atoms with Crippen molar-refractivity contribution < 1.29 is 39.1 Å².